The lowest BCUT2D eigenvalue weighted by atomic mass is 10.0. The van der Waals surface area contributed by atoms with Crippen molar-refractivity contribution in [1.82, 2.24) is 20.3 Å². The summed E-state index contributed by atoms with van der Waals surface area (Å²) in [6.45, 7) is 1.28. The van der Waals surface area contributed by atoms with Gasteiger partial charge >= 0.3 is 0 Å². The van der Waals surface area contributed by atoms with Crippen molar-refractivity contribution in [3.05, 3.63) is 54.2 Å². The summed E-state index contributed by atoms with van der Waals surface area (Å²) in [5.41, 5.74) is 2.23. The average Bonchev–Trinajstić information content (AvgIpc) is 2.79. The molecular formula is C22H23FN6O2. The maximum Gasteiger partial charge on any atom is 0.251 e. The van der Waals surface area contributed by atoms with Crippen LogP contribution in [-0.4, -0.2) is 41.1 Å². The van der Waals surface area contributed by atoms with Crippen LogP contribution in [0.1, 0.15) is 29.6 Å². The van der Waals surface area contributed by atoms with Crippen molar-refractivity contribution in [2.45, 2.75) is 19.3 Å². The molecule has 9 heteroatoms. The number of carbonyl (C=O) groups excluding carboxylic acids is 1. The molecule has 8 nitrogen and oxygen atoms in total. The Morgan fingerprint density at radius 3 is 2.45 bits per heavy atom. The Hall–Kier alpha value is -3.75. The van der Waals surface area contributed by atoms with Crippen molar-refractivity contribution >= 4 is 23.4 Å². The van der Waals surface area contributed by atoms with Crippen molar-refractivity contribution in [2.75, 3.05) is 30.8 Å². The van der Waals surface area contributed by atoms with Crippen molar-refractivity contribution in [3.63, 3.8) is 0 Å². The van der Waals surface area contributed by atoms with Crippen molar-refractivity contribution in [1.29, 1.82) is 0 Å². The second-order valence-electron chi connectivity index (χ2n) is 7.12. The van der Waals surface area contributed by atoms with Gasteiger partial charge in [-0.15, -0.1) is 0 Å². The first kappa shape index (κ1) is 20.5. The molecule has 0 saturated heterocycles. The molecule has 2 aliphatic rings. The smallest absolute Gasteiger partial charge is 0.251 e. The van der Waals surface area contributed by atoms with Crippen LogP contribution >= 0.6 is 0 Å². The Labute approximate surface area is 179 Å². The second kappa shape index (κ2) is 9.38. The third-order valence-electron chi connectivity index (χ3n) is 4.97. The minimum atomic E-state index is -0.667. The number of ether oxygens (including phenoxy) is 1. The van der Waals surface area contributed by atoms with Crippen molar-refractivity contribution in [3.8, 4) is 16.9 Å². The molecule has 0 atom stereocenters. The summed E-state index contributed by atoms with van der Waals surface area (Å²) in [5, 5.41) is 9.07. The molecule has 6 bridgehead atoms. The molecule has 0 aliphatic carbocycles. The molecule has 2 aliphatic heterocycles. The molecule has 2 aromatic heterocycles. The van der Waals surface area contributed by atoms with Crippen LogP contribution in [0.25, 0.3) is 11.1 Å². The molecule has 1 aromatic carbocycles. The Morgan fingerprint density at radius 1 is 0.935 bits per heavy atom. The molecule has 0 fully saturated rings. The number of anilines is 3. The van der Waals surface area contributed by atoms with E-state index in [2.05, 4.69) is 30.9 Å². The van der Waals surface area contributed by atoms with Gasteiger partial charge in [-0.2, -0.15) is 9.37 Å². The van der Waals surface area contributed by atoms with Gasteiger partial charge in [0, 0.05) is 30.4 Å². The van der Waals surface area contributed by atoms with Gasteiger partial charge in [-0.1, -0.05) is 12.1 Å². The Morgan fingerprint density at radius 2 is 1.68 bits per heavy atom. The topological polar surface area (TPSA) is 101 Å². The van der Waals surface area contributed by atoms with E-state index in [0.29, 0.717) is 35.8 Å². The van der Waals surface area contributed by atoms with Gasteiger partial charge < -0.3 is 20.7 Å². The predicted molar refractivity (Wildman–Crippen MR) is 116 cm³/mol. The zero-order valence-electron chi connectivity index (χ0n) is 17.1. The molecule has 31 heavy (non-hydrogen) atoms. The Balaban J connectivity index is 1.69. The second-order valence-corrected chi connectivity index (χ2v) is 7.12. The summed E-state index contributed by atoms with van der Waals surface area (Å²) in [7, 11) is 1.54. The van der Waals surface area contributed by atoms with E-state index in [4.69, 9.17) is 4.74 Å². The number of nitrogens with one attached hydrogen (secondary N) is 3. The first-order valence-electron chi connectivity index (χ1n) is 10.1. The van der Waals surface area contributed by atoms with Gasteiger partial charge in [0.05, 0.1) is 19.0 Å². The summed E-state index contributed by atoms with van der Waals surface area (Å²) in [6, 6.07) is 8.75. The number of aromatic nitrogens is 3. The highest BCUT2D eigenvalue weighted by atomic mass is 19.1. The quantitative estimate of drug-likeness (QED) is 0.514. The number of hydrogen-bond acceptors (Lipinski definition) is 7. The van der Waals surface area contributed by atoms with E-state index < -0.39 is 5.95 Å². The molecule has 1 amide bonds. The summed E-state index contributed by atoms with van der Waals surface area (Å²) in [5.74, 6) is 0.462. The molecule has 0 saturated carbocycles. The number of methoxy groups -OCH3 is 1. The SMILES string of the molecule is COc1cnc2nc1NCCCCCNC(=O)c1ccc(cc1)-c1cnc(F)c(c1)N2. The van der Waals surface area contributed by atoms with Crippen molar-refractivity contribution < 1.29 is 13.9 Å². The van der Waals surface area contributed by atoms with E-state index in [1.165, 1.54) is 12.4 Å². The largest absolute Gasteiger partial charge is 0.491 e. The summed E-state index contributed by atoms with van der Waals surface area (Å²) >= 11 is 0. The number of hydrogen-bond donors (Lipinski definition) is 3. The molecular weight excluding hydrogens is 399 g/mol. The van der Waals surface area contributed by atoms with E-state index in [1.54, 1.807) is 25.3 Å². The van der Waals surface area contributed by atoms with E-state index >= 15 is 0 Å². The first-order chi connectivity index (χ1) is 15.1. The van der Waals surface area contributed by atoms with Crippen LogP contribution < -0.4 is 20.7 Å². The highest BCUT2D eigenvalue weighted by Gasteiger charge is 2.13. The predicted octanol–water partition coefficient (Wildman–Crippen LogP) is 3.76. The van der Waals surface area contributed by atoms with Crippen LogP contribution in [-0.2, 0) is 0 Å². The van der Waals surface area contributed by atoms with Gasteiger partial charge in [0.25, 0.3) is 5.91 Å². The lowest BCUT2D eigenvalue weighted by Crippen LogP contribution is -2.24. The molecule has 5 rings (SSSR count). The zero-order valence-corrected chi connectivity index (χ0v) is 17.1. The van der Waals surface area contributed by atoms with E-state index in [0.717, 1.165) is 24.8 Å². The molecule has 160 valence electrons. The highest BCUT2D eigenvalue weighted by molar-refractivity contribution is 5.94. The molecule has 3 N–H and O–H groups in total. The maximum absolute atomic E-state index is 14.4. The fourth-order valence-electron chi connectivity index (χ4n) is 3.27. The number of rotatable bonds is 1. The van der Waals surface area contributed by atoms with Crippen LogP contribution in [0.5, 0.6) is 5.75 Å². The van der Waals surface area contributed by atoms with Crippen LogP contribution in [0.4, 0.5) is 21.8 Å². The van der Waals surface area contributed by atoms with Crippen molar-refractivity contribution in [2.24, 2.45) is 0 Å². The Kier molecular flexibility index (Phi) is 6.21. The first-order valence-corrected chi connectivity index (χ1v) is 10.1. The van der Waals surface area contributed by atoms with Crippen LogP contribution in [0.15, 0.2) is 42.7 Å². The highest BCUT2D eigenvalue weighted by Crippen LogP contribution is 2.27. The number of pyridine rings is 1. The monoisotopic (exact) mass is 422 g/mol. The summed E-state index contributed by atoms with van der Waals surface area (Å²) < 4.78 is 19.7. The van der Waals surface area contributed by atoms with E-state index in [9.17, 15) is 9.18 Å². The zero-order chi connectivity index (χ0) is 21.6. The van der Waals surface area contributed by atoms with Gasteiger partial charge in [-0.25, -0.2) is 9.97 Å². The lowest BCUT2D eigenvalue weighted by molar-refractivity contribution is 0.0953. The fourth-order valence-corrected chi connectivity index (χ4v) is 3.27. The average molecular weight is 422 g/mol. The number of carbonyl (C=O) groups is 1. The number of benzene rings is 1. The van der Waals surface area contributed by atoms with E-state index in [-0.39, 0.29) is 17.5 Å². The third kappa shape index (κ3) is 4.88. The summed E-state index contributed by atoms with van der Waals surface area (Å²) in [4.78, 5) is 24.8. The molecule has 4 heterocycles. The summed E-state index contributed by atoms with van der Waals surface area (Å²) in [6.07, 6.45) is 5.67. The number of halogens is 1. The van der Waals surface area contributed by atoms with Crippen LogP contribution in [0.3, 0.4) is 0 Å². The minimum absolute atomic E-state index is 0.113. The lowest BCUT2D eigenvalue weighted by Gasteiger charge is -2.12. The van der Waals surface area contributed by atoms with E-state index in [1.807, 2.05) is 12.1 Å². The molecule has 3 aromatic rings. The number of fused-ring (bicyclic) bond motifs is 9. The fraction of sp³-hybridized carbons (Fsp3) is 0.273. The van der Waals surface area contributed by atoms with Gasteiger partial charge in [-0.05, 0) is 43.0 Å². The number of amides is 1. The van der Waals surface area contributed by atoms with Gasteiger partial charge in [0.2, 0.25) is 11.9 Å². The normalized spacial score (nSPS) is 14.3. The van der Waals surface area contributed by atoms with Gasteiger partial charge in [-0.3, -0.25) is 4.79 Å². The van der Waals surface area contributed by atoms with Gasteiger partial charge in [0.1, 0.15) is 0 Å². The molecule has 0 spiro atoms. The maximum atomic E-state index is 14.4. The minimum Gasteiger partial charge on any atom is -0.491 e. The van der Waals surface area contributed by atoms with Crippen LogP contribution in [0.2, 0.25) is 0 Å². The Bertz CT molecular complexity index is 1070. The molecule has 0 unspecified atom stereocenters. The standard InChI is InChI=1S/C22H23FN6O2/c1-31-18-13-27-22-28-17-11-16(12-26-19(17)23)14-5-7-15(8-6-14)21(30)25-10-4-2-3-9-24-20(18)29-22/h5-8,11-13H,2-4,9-10H2,1H3,(H,25,30)(H2,24,27,28,29). The van der Waals surface area contributed by atoms with Crippen LogP contribution in [0, 0.1) is 5.95 Å². The molecule has 0 radical (unpaired) electrons. The number of nitrogens with zero attached hydrogens (tertiary/aromatic N) is 3. The van der Waals surface area contributed by atoms with Gasteiger partial charge in [0.15, 0.2) is 11.6 Å². The third-order valence-corrected chi connectivity index (χ3v) is 4.97.